The minimum atomic E-state index is 0.834. The molecule has 0 saturated heterocycles. The topological polar surface area (TPSA) is 0 Å². The third-order valence-corrected chi connectivity index (χ3v) is 2.61. The van der Waals surface area contributed by atoms with E-state index in [2.05, 4.69) is 43.5 Å². The first kappa shape index (κ1) is 13.6. The molecule has 0 aromatic heterocycles. The summed E-state index contributed by atoms with van der Waals surface area (Å²) in [5, 5.41) is 0. The van der Waals surface area contributed by atoms with E-state index in [4.69, 9.17) is 0 Å². The Morgan fingerprint density at radius 1 is 0.824 bits per heavy atom. The van der Waals surface area contributed by atoms with Crippen molar-refractivity contribution in [3.63, 3.8) is 0 Å². The molecule has 17 heavy (non-hydrogen) atoms. The zero-order chi connectivity index (χ0) is 12.3. The lowest BCUT2D eigenvalue weighted by Gasteiger charge is -1.91. The van der Waals surface area contributed by atoms with Crippen molar-refractivity contribution in [2.45, 2.75) is 12.2 Å². The van der Waals surface area contributed by atoms with Gasteiger partial charge >= 0.3 is 0 Å². The van der Waals surface area contributed by atoms with Crippen LogP contribution in [0.25, 0.3) is 0 Å². The molecule has 2 aromatic rings. The standard InChI is InChI=1S/C9H10.C7H8S/c1-2-6-9-7-4-3-5-8-9;8-6-7-4-2-1-3-5-7/h2-5,7-8H,1,6H2;1-5,8H,6H2. The van der Waals surface area contributed by atoms with Gasteiger partial charge in [-0.25, -0.2) is 0 Å². The Morgan fingerprint density at radius 3 is 1.65 bits per heavy atom. The van der Waals surface area contributed by atoms with E-state index in [-0.39, 0.29) is 0 Å². The zero-order valence-corrected chi connectivity index (χ0v) is 10.8. The summed E-state index contributed by atoms with van der Waals surface area (Å²) in [5.74, 6) is 0.834. The van der Waals surface area contributed by atoms with Crippen molar-refractivity contribution in [1.82, 2.24) is 0 Å². The normalized spacial score (nSPS) is 9.00. The minimum Gasteiger partial charge on any atom is -0.175 e. The Labute approximate surface area is 109 Å². The van der Waals surface area contributed by atoms with E-state index in [9.17, 15) is 0 Å². The van der Waals surface area contributed by atoms with Gasteiger partial charge in [0.25, 0.3) is 0 Å². The maximum absolute atomic E-state index is 4.11. The summed E-state index contributed by atoms with van der Waals surface area (Å²) >= 11 is 4.11. The first-order valence-corrected chi connectivity index (χ1v) is 6.29. The molecule has 2 rings (SSSR count). The number of thiol groups is 1. The second-order valence-corrected chi connectivity index (χ2v) is 3.94. The van der Waals surface area contributed by atoms with Gasteiger partial charge in [0.05, 0.1) is 0 Å². The molecule has 0 aliphatic heterocycles. The molecule has 0 heterocycles. The van der Waals surface area contributed by atoms with Gasteiger partial charge in [-0.2, -0.15) is 12.6 Å². The summed E-state index contributed by atoms with van der Waals surface area (Å²) in [6.07, 6.45) is 2.89. The van der Waals surface area contributed by atoms with Crippen LogP contribution in [-0.4, -0.2) is 0 Å². The van der Waals surface area contributed by atoms with Crippen LogP contribution in [0, 0.1) is 0 Å². The number of hydrogen-bond donors (Lipinski definition) is 1. The summed E-state index contributed by atoms with van der Waals surface area (Å²) in [6.45, 7) is 3.66. The van der Waals surface area contributed by atoms with E-state index in [0.717, 1.165) is 12.2 Å². The van der Waals surface area contributed by atoms with Crippen LogP contribution in [-0.2, 0) is 12.2 Å². The minimum absolute atomic E-state index is 0.834. The van der Waals surface area contributed by atoms with Gasteiger partial charge in [0, 0.05) is 5.75 Å². The predicted molar refractivity (Wildman–Crippen MR) is 79.5 cm³/mol. The molecule has 2 aromatic carbocycles. The summed E-state index contributed by atoms with van der Waals surface area (Å²) < 4.78 is 0. The highest BCUT2D eigenvalue weighted by atomic mass is 32.1. The Kier molecular flexibility index (Phi) is 6.92. The van der Waals surface area contributed by atoms with Crippen molar-refractivity contribution in [2.75, 3.05) is 0 Å². The third-order valence-electron chi connectivity index (χ3n) is 2.25. The molecule has 0 saturated carbocycles. The molecule has 0 unspecified atom stereocenters. The van der Waals surface area contributed by atoms with Gasteiger partial charge in [-0.3, -0.25) is 0 Å². The highest BCUT2D eigenvalue weighted by Gasteiger charge is 1.82. The SMILES string of the molecule is C=CCc1ccccc1.SCc1ccccc1. The van der Waals surface area contributed by atoms with E-state index in [1.165, 1.54) is 11.1 Å². The number of rotatable bonds is 3. The van der Waals surface area contributed by atoms with Crippen LogP contribution < -0.4 is 0 Å². The van der Waals surface area contributed by atoms with E-state index in [0.29, 0.717) is 0 Å². The Hall–Kier alpha value is -1.47. The average Bonchev–Trinajstić information content (AvgIpc) is 2.42. The zero-order valence-electron chi connectivity index (χ0n) is 9.92. The van der Waals surface area contributed by atoms with Gasteiger partial charge in [0.15, 0.2) is 0 Å². The largest absolute Gasteiger partial charge is 0.175 e. The summed E-state index contributed by atoms with van der Waals surface area (Å²) in [6, 6.07) is 20.5. The van der Waals surface area contributed by atoms with E-state index in [1.54, 1.807) is 0 Å². The molecule has 0 radical (unpaired) electrons. The van der Waals surface area contributed by atoms with Crippen molar-refractivity contribution in [3.05, 3.63) is 84.4 Å². The second-order valence-electron chi connectivity index (χ2n) is 3.62. The van der Waals surface area contributed by atoms with Crippen LogP contribution >= 0.6 is 12.6 Å². The Morgan fingerprint density at radius 2 is 1.29 bits per heavy atom. The van der Waals surface area contributed by atoms with Crippen molar-refractivity contribution < 1.29 is 0 Å². The molecule has 0 spiro atoms. The third kappa shape index (κ3) is 5.98. The van der Waals surface area contributed by atoms with Crippen LogP contribution in [0.2, 0.25) is 0 Å². The molecule has 0 aliphatic carbocycles. The molecule has 1 heteroatoms. The lowest BCUT2D eigenvalue weighted by Crippen LogP contribution is -1.75. The molecule has 0 fully saturated rings. The summed E-state index contributed by atoms with van der Waals surface area (Å²) in [7, 11) is 0. The first-order chi connectivity index (χ1) is 8.36. The van der Waals surface area contributed by atoms with Crippen molar-refractivity contribution in [2.24, 2.45) is 0 Å². The molecule has 0 N–H and O–H groups in total. The molecule has 88 valence electrons. The smallest absolute Gasteiger partial charge is 0.0154 e. The van der Waals surface area contributed by atoms with Crippen LogP contribution in [0.1, 0.15) is 11.1 Å². The molecule has 0 atom stereocenters. The van der Waals surface area contributed by atoms with Crippen LogP contribution in [0.4, 0.5) is 0 Å². The van der Waals surface area contributed by atoms with Gasteiger partial charge in [-0.1, -0.05) is 66.7 Å². The van der Waals surface area contributed by atoms with Gasteiger partial charge < -0.3 is 0 Å². The maximum atomic E-state index is 4.11. The fourth-order valence-electron chi connectivity index (χ4n) is 1.36. The summed E-state index contributed by atoms with van der Waals surface area (Å²) in [5.41, 5.74) is 2.60. The second kappa shape index (κ2) is 8.66. The van der Waals surface area contributed by atoms with Crippen molar-refractivity contribution in [1.29, 1.82) is 0 Å². The highest BCUT2D eigenvalue weighted by Crippen LogP contribution is 2.00. The van der Waals surface area contributed by atoms with Gasteiger partial charge in [-0.05, 0) is 17.5 Å². The number of hydrogen-bond acceptors (Lipinski definition) is 1. The van der Waals surface area contributed by atoms with Gasteiger partial charge in [-0.15, -0.1) is 6.58 Å². The van der Waals surface area contributed by atoms with E-state index in [1.807, 2.05) is 42.5 Å². The van der Waals surface area contributed by atoms with Crippen LogP contribution in [0.5, 0.6) is 0 Å². The Balaban J connectivity index is 0.000000171. The average molecular weight is 242 g/mol. The molecule has 0 amide bonds. The highest BCUT2D eigenvalue weighted by molar-refractivity contribution is 7.79. The summed E-state index contributed by atoms with van der Waals surface area (Å²) in [4.78, 5) is 0. The lowest BCUT2D eigenvalue weighted by molar-refractivity contribution is 1.28. The number of benzene rings is 2. The van der Waals surface area contributed by atoms with Gasteiger partial charge in [0.2, 0.25) is 0 Å². The molecule has 0 aliphatic rings. The quantitative estimate of drug-likeness (QED) is 0.593. The van der Waals surface area contributed by atoms with Gasteiger partial charge in [0.1, 0.15) is 0 Å². The molecule has 0 nitrogen and oxygen atoms in total. The fraction of sp³-hybridized carbons (Fsp3) is 0.125. The molecular formula is C16H18S. The van der Waals surface area contributed by atoms with E-state index < -0.39 is 0 Å². The van der Waals surface area contributed by atoms with Crippen molar-refractivity contribution >= 4 is 12.6 Å². The first-order valence-electron chi connectivity index (χ1n) is 5.66. The molecular weight excluding hydrogens is 224 g/mol. The van der Waals surface area contributed by atoms with Crippen molar-refractivity contribution in [3.8, 4) is 0 Å². The van der Waals surface area contributed by atoms with Crippen LogP contribution in [0.3, 0.4) is 0 Å². The van der Waals surface area contributed by atoms with Crippen LogP contribution in [0.15, 0.2) is 73.3 Å². The number of allylic oxidation sites excluding steroid dienone is 1. The lowest BCUT2D eigenvalue weighted by atomic mass is 10.2. The molecule has 0 bridgehead atoms. The maximum Gasteiger partial charge on any atom is 0.0154 e. The fourth-order valence-corrected chi connectivity index (χ4v) is 1.57. The Bertz CT molecular complexity index is 406. The predicted octanol–water partition coefficient (Wildman–Crippen LogP) is 4.53. The van der Waals surface area contributed by atoms with E-state index >= 15 is 0 Å². The monoisotopic (exact) mass is 242 g/mol.